The van der Waals surface area contributed by atoms with Crippen molar-refractivity contribution in [1.29, 1.82) is 0 Å². The summed E-state index contributed by atoms with van der Waals surface area (Å²) in [7, 11) is 0. The van der Waals surface area contributed by atoms with Gasteiger partial charge in [-0.1, -0.05) is 0 Å². The summed E-state index contributed by atoms with van der Waals surface area (Å²) in [4.78, 5) is 13.9. The third kappa shape index (κ3) is 2.61. The monoisotopic (exact) mass is 307 g/mol. The summed E-state index contributed by atoms with van der Waals surface area (Å²) in [6, 6.07) is 6.73. The van der Waals surface area contributed by atoms with E-state index in [1.54, 1.807) is 6.92 Å². The normalized spacial score (nSPS) is 18.8. The fourth-order valence-corrected chi connectivity index (χ4v) is 2.97. The van der Waals surface area contributed by atoms with Gasteiger partial charge in [0.2, 0.25) is 0 Å². The van der Waals surface area contributed by atoms with Crippen molar-refractivity contribution in [3.05, 3.63) is 28.2 Å². The lowest BCUT2D eigenvalue weighted by Crippen LogP contribution is -2.28. The molecule has 0 aromatic heterocycles. The maximum Gasteiger partial charge on any atom is 0.159 e. The van der Waals surface area contributed by atoms with Gasteiger partial charge in [0.15, 0.2) is 5.78 Å². The number of ketones is 1. The lowest BCUT2D eigenvalue weighted by Gasteiger charge is -2.26. The Morgan fingerprint density at radius 1 is 1.33 bits per heavy atom. The van der Waals surface area contributed by atoms with E-state index in [0.29, 0.717) is 0 Å². The second-order valence-corrected chi connectivity index (χ2v) is 6.40. The van der Waals surface area contributed by atoms with Crippen LogP contribution in [0.1, 0.15) is 43.0 Å². The number of hydrogen-bond acceptors (Lipinski definition) is 2. The van der Waals surface area contributed by atoms with Gasteiger partial charge in [0.25, 0.3) is 0 Å². The largest absolute Gasteiger partial charge is 0.367 e. The Morgan fingerprint density at radius 3 is 2.56 bits per heavy atom. The molecule has 0 heterocycles. The van der Waals surface area contributed by atoms with Crippen molar-refractivity contribution in [1.82, 2.24) is 0 Å². The first-order chi connectivity index (χ1) is 8.65. The first kappa shape index (κ1) is 12.2. The van der Waals surface area contributed by atoms with Crippen molar-refractivity contribution in [3.8, 4) is 0 Å². The van der Waals surface area contributed by atoms with Crippen LogP contribution in [0, 0.1) is 5.92 Å². The first-order valence-corrected chi connectivity index (χ1v) is 7.51. The summed E-state index contributed by atoms with van der Waals surface area (Å²) < 4.78 is 1.06. The molecule has 1 aromatic rings. The van der Waals surface area contributed by atoms with Crippen LogP contribution in [-0.2, 0) is 0 Å². The highest BCUT2D eigenvalue weighted by Crippen LogP contribution is 2.40. The van der Waals surface area contributed by atoms with Gasteiger partial charge in [-0.3, -0.25) is 4.79 Å². The van der Waals surface area contributed by atoms with Crippen LogP contribution < -0.4 is 4.90 Å². The van der Waals surface area contributed by atoms with E-state index in [1.807, 2.05) is 12.1 Å². The van der Waals surface area contributed by atoms with Crippen molar-refractivity contribution >= 4 is 27.4 Å². The molecule has 2 fully saturated rings. The molecule has 0 bridgehead atoms. The molecule has 0 saturated heterocycles. The molecule has 0 atom stereocenters. The van der Waals surface area contributed by atoms with Gasteiger partial charge in [-0.15, -0.1) is 0 Å². The van der Waals surface area contributed by atoms with E-state index in [1.165, 1.54) is 37.9 Å². The molecule has 3 rings (SSSR count). The first-order valence-electron chi connectivity index (χ1n) is 6.72. The summed E-state index contributed by atoms with van der Waals surface area (Å²) in [6.07, 6.45) is 5.39. The van der Waals surface area contributed by atoms with Crippen LogP contribution in [0.3, 0.4) is 0 Å². The van der Waals surface area contributed by atoms with Crippen molar-refractivity contribution in [2.75, 3.05) is 11.4 Å². The fraction of sp³-hybridized carbons (Fsp3) is 0.533. The fourth-order valence-electron chi connectivity index (χ4n) is 2.37. The SMILES string of the molecule is CC(=O)c1ccc(N(CC2CC2)C2CC2)c(Br)c1. The second kappa shape index (κ2) is 4.69. The number of halogens is 1. The zero-order chi connectivity index (χ0) is 12.7. The van der Waals surface area contributed by atoms with E-state index in [9.17, 15) is 4.79 Å². The lowest BCUT2D eigenvalue weighted by atomic mass is 10.1. The van der Waals surface area contributed by atoms with Gasteiger partial charge in [-0.2, -0.15) is 0 Å². The molecule has 2 nitrogen and oxygen atoms in total. The van der Waals surface area contributed by atoms with Crippen molar-refractivity contribution in [2.24, 2.45) is 5.92 Å². The molecule has 3 heteroatoms. The van der Waals surface area contributed by atoms with Gasteiger partial charge in [0.05, 0.1) is 5.69 Å². The van der Waals surface area contributed by atoms with E-state index in [4.69, 9.17) is 0 Å². The second-order valence-electron chi connectivity index (χ2n) is 5.55. The van der Waals surface area contributed by atoms with Gasteiger partial charge in [-0.25, -0.2) is 0 Å². The van der Waals surface area contributed by atoms with Crippen LogP contribution in [0.15, 0.2) is 22.7 Å². The van der Waals surface area contributed by atoms with Gasteiger partial charge >= 0.3 is 0 Å². The molecule has 96 valence electrons. The molecule has 2 aliphatic carbocycles. The molecular weight excluding hydrogens is 290 g/mol. The van der Waals surface area contributed by atoms with Gasteiger partial charge in [-0.05, 0) is 72.7 Å². The third-order valence-corrected chi connectivity index (χ3v) is 4.44. The van der Waals surface area contributed by atoms with Gasteiger partial charge < -0.3 is 4.90 Å². The third-order valence-electron chi connectivity index (χ3n) is 3.80. The minimum Gasteiger partial charge on any atom is -0.367 e. The average molecular weight is 308 g/mol. The molecular formula is C15H18BrNO. The minimum absolute atomic E-state index is 0.127. The summed E-state index contributed by atoms with van der Waals surface area (Å²) in [5.41, 5.74) is 2.04. The van der Waals surface area contributed by atoms with E-state index in [-0.39, 0.29) is 5.78 Å². The maximum absolute atomic E-state index is 11.4. The van der Waals surface area contributed by atoms with E-state index in [0.717, 1.165) is 22.0 Å². The van der Waals surface area contributed by atoms with Crippen LogP contribution in [0.25, 0.3) is 0 Å². The summed E-state index contributed by atoms with van der Waals surface area (Å²) in [5.74, 6) is 1.02. The number of benzene rings is 1. The highest BCUT2D eigenvalue weighted by Gasteiger charge is 2.34. The van der Waals surface area contributed by atoms with Crippen LogP contribution in [0.4, 0.5) is 5.69 Å². The number of anilines is 1. The molecule has 18 heavy (non-hydrogen) atoms. The predicted molar refractivity (Wildman–Crippen MR) is 77.2 cm³/mol. The number of Topliss-reactive ketones (excluding diaryl/α,β-unsaturated/α-hetero) is 1. The maximum atomic E-state index is 11.4. The Labute approximate surface area is 116 Å². The van der Waals surface area contributed by atoms with Crippen molar-refractivity contribution < 1.29 is 4.79 Å². The highest BCUT2D eigenvalue weighted by molar-refractivity contribution is 9.10. The number of hydrogen-bond donors (Lipinski definition) is 0. The molecule has 0 unspecified atom stereocenters. The number of rotatable bonds is 5. The highest BCUT2D eigenvalue weighted by atomic mass is 79.9. The molecule has 0 spiro atoms. The van der Waals surface area contributed by atoms with Gasteiger partial charge in [0, 0.05) is 22.6 Å². The smallest absolute Gasteiger partial charge is 0.159 e. The zero-order valence-corrected chi connectivity index (χ0v) is 12.2. The number of carbonyl (C=O) groups is 1. The standard InChI is InChI=1S/C15H18BrNO/c1-10(18)12-4-7-15(14(16)8-12)17(13-5-6-13)9-11-2-3-11/h4,7-8,11,13H,2-3,5-6,9H2,1H3. The van der Waals surface area contributed by atoms with Gasteiger partial charge in [0.1, 0.15) is 0 Å². The van der Waals surface area contributed by atoms with E-state index in [2.05, 4.69) is 26.9 Å². The molecule has 0 radical (unpaired) electrons. The zero-order valence-electron chi connectivity index (χ0n) is 10.7. The molecule has 2 aliphatic rings. The molecule has 2 saturated carbocycles. The quantitative estimate of drug-likeness (QED) is 0.765. The molecule has 0 amide bonds. The van der Waals surface area contributed by atoms with Crippen molar-refractivity contribution in [3.63, 3.8) is 0 Å². The molecule has 1 aromatic carbocycles. The van der Waals surface area contributed by atoms with Crippen LogP contribution >= 0.6 is 15.9 Å². The van der Waals surface area contributed by atoms with Crippen LogP contribution in [0.2, 0.25) is 0 Å². The summed E-state index contributed by atoms with van der Waals surface area (Å²) in [6.45, 7) is 2.80. The van der Waals surface area contributed by atoms with Crippen molar-refractivity contribution in [2.45, 2.75) is 38.6 Å². The topological polar surface area (TPSA) is 20.3 Å². The Bertz CT molecular complexity index is 477. The molecule has 0 aliphatic heterocycles. The molecule has 0 N–H and O–H groups in total. The summed E-state index contributed by atoms with van der Waals surface area (Å²) in [5, 5.41) is 0. The number of carbonyl (C=O) groups excluding carboxylic acids is 1. The van der Waals surface area contributed by atoms with E-state index >= 15 is 0 Å². The van der Waals surface area contributed by atoms with Crippen LogP contribution in [-0.4, -0.2) is 18.4 Å². The van der Waals surface area contributed by atoms with E-state index < -0.39 is 0 Å². The Hall–Kier alpha value is -0.830. The van der Waals surface area contributed by atoms with Crippen LogP contribution in [0.5, 0.6) is 0 Å². The predicted octanol–water partition coefficient (Wildman–Crippen LogP) is 4.03. The average Bonchev–Trinajstić information content (AvgIpc) is 3.19. The lowest BCUT2D eigenvalue weighted by molar-refractivity contribution is 0.101. The minimum atomic E-state index is 0.127. The Balaban J connectivity index is 1.86. The summed E-state index contributed by atoms with van der Waals surface area (Å²) >= 11 is 3.63. The Kier molecular flexibility index (Phi) is 3.18. The Morgan fingerprint density at radius 2 is 2.06 bits per heavy atom. The number of nitrogens with zero attached hydrogens (tertiary/aromatic N) is 1.